The zero-order chi connectivity index (χ0) is 15.0. The highest BCUT2D eigenvalue weighted by atomic mass is 32.2. The van der Waals surface area contributed by atoms with E-state index in [1.165, 1.54) is 11.3 Å². The fraction of sp³-hybridized carbons (Fsp3) is 0.692. The van der Waals surface area contributed by atoms with Crippen molar-refractivity contribution in [3.8, 4) is 0 Å². The summed E-state index contributed by atoms with van der Waals surface area (Å²) in [7, 11) is -0.758. The third-order valence-electron chi connectivity index (χ3n) is 2.65. The van der Waals surface area contributed by atoms with Gasteiger partial charge in [0.25, 0.3) is 0 Å². The number of carbonyl (C=O) groups is 1. The summed E-state index contributed by atoms with van der Waals surface area (Å²) < 4.78 is 15.9. The predicted molar refractivity (Wildman–Crippen MR) is 83.7 cm³/mol. The minimum Gasteiger partial charge on any atom is -0.466 e. The lowest BCUT2D eigenvalue weighted by molar-refractivity contribution is -0.143. The number of hydrogen-bond acceptors (Lipinski definition) is 6. The Labute approximate surface area is 126 Å². The molecular formula is C13H22N2O3S2. The Kier molecular flexibility index (Phi) is 7.76. The molecule has 0 aliphatic rings. The monoisotopic (exact) mass is 318 g/mol. The highest BCUT2D eigenvalue weighted by Crippen LogP contribution is 2.18. The van der Waals surface area contributed by atoms with E-state index in [1.54, 1.807) is 13.2 Å². The molecule has 0 spiro atoms. The zero-order valence-electron chi connectivity index (χ0n) is 12.2. The molecule has 1 aromatic heterocycles. The van der Waals surface area contributed by atoms with E-state index in [0.29, 0.717) is 25.2 Å². The Bertz CT molecular complexity index is 449. The molecule has 0 bridgehead atoms. The van der Waals surface area contributed by atoms with Crippen LogP contribution < -0.4 is 5.32 Å². The van der Waals surface area contributed by atoms with Crippen LogP contribution in [0, 0.1) is 0 Å². The van der Waals surface area contributed by atoms with Gasteiger partial charge >= 0.3 is 5.97 Å². The lowest BCUT2D eigenvalue weighted by Gasteiger charge is -2.11. The topological polar surface area (TPSA) is 68.3 Å². The molecule has 0 fully saturated rings. The van der Waals surface area contributed by atoms with E-state index < -0.39 is 10.8 Å². The molecule has 0 saturated heterocycles. The molecule has 0 saturated carbocycles. The first-order valence-corrected chi connectivity index (χ1v) is 9.28. The second-order valence-corrected chi connectivity index (χ2v) is 6.97. The van der Waals surface area contributed by atoms with Crippen molar-refractivity contribution in [2.24, 2.45) is 0 Å². The molecular weight excluding hydrogens is 296 g/mol. The van der Waals surface area contributed by atoms with Gasteiger partial charge in [-0.05, 0) is 20.3 Å². The minimum absolute atomic E-state index is 0.186. The molecule has 5 nitrogen and oxygen atoms in total. The van der Waals surface area contributed by atoms with Gasteiger partial charge in [0.2, 0.25) is 0 Å². The van der Waals surface area contributed by atoms with Crippen molar-refractivity contribution in [2.45, 2.75) is 39.2 Å². The van der Waals surface area contributed by atoms with Gasteiger partial charge in [0.1, 0.15) is 0 Å². The van der Waals surface area contributed by atoms with Crippen molar-refractivity contribution in [3.05, 3.63) is 11.1 Å². The van der Waals surface area contributed by atoms with Gasteiger partial charge in [0.15, 0.2) is 5.13 Å². The summed E-state index contributed by atoms with van der Waals surface area (Å²) in [5.41, 5.74) is 0.900. The molecule has 0 aliphatic carbocycles. The van der Waals surface area contributed by atoms with Gasteiger partial charge in [0.05, 0.1) is 18.7 Å². The first-order chi connectivity index (χ1) is 9.51. The average Bonchev–Trinajstić information content (AvgIpc) is 2.82. The second-order valence-electron chi connectivity index (χ2n) is 4.56. The standard InChI is InChI=1S/C13H22N2O3S2/c1-4-18-12(16)6-5-11-9-19-13(15-11)14-10(2)7-8-20(3)17/h9-10H,4-8H2,1-3H3,(H,14,15). The number of thiazole rings is 1. The fourth-order valence-corrected chi connectivity index (χ4v) is 3.12. The molecule has 0 aromatic carbocycles. The highest BCUT2D eigenvalue weighted by Gasteiger charge is 2.09. The maximum Gasteiger partial charge on any atom is 0.306 e. The third-order valence-corrected chi connectivity index (χ3v) is 4.28. The van der Waals surface area contributed by atoms with Gasteiger partial charge in [0, 0.05) is 40.7 Å². The van der Waals surface area contributed by atoms with Crippen LogP contribution in [0.2, 0.25) is 0 Å². The van der Waals surface area contributed by atoms with Crippen LogP contribution in [0.3, 0.4) is 0 Å². The van der Waals surface area contributed by atoms with E-state index in [4.69, 9.17) is 4.74 Å². The van der Waals surface area contributed by atoms with Crippen LogP contribution in [0.15, 0.2) is 5.38 Å². The largest absolute Gasteiger partial charge is 0.466 e. The normalized spacial score (nSPS) is 13.8. The van der Waals surface area contributed by atoms with Crippen LogP contribution in [-0.4, -0.2) is 39.8 Å². The fourth-order valence-electron chi connectivity index (χ4n) is 1.58. The van der Waals surface area contributed by atoms with E-state index in [9.17, 15) is 9.00 Å². The summed E-state index contributed by atoms with van der Waals surface area (Å²) in [4.78, 5) is 15.7. The van der Waals surface area contributed by atoms with Gasteiger partial charge in [-0.25, -0.2) is 4.98 Å². The van der Waals surface area contributed by atoms with Crippen molar-refractivity contribution in [1.82, 2.24) is 4.98 Å². The van der Waals surface area contributed by atoms with E-state index in [0.717, 1.165) is 17.2 Å². The summed E-state index contributed by atoms with van der Waals surface area (Å²) in [6.45, 7) is 4.26. The predicted octanol–water partition coefficient (Wildman–Crippen LogP) is 2.21. The first kappa shape index (κ1) is 17.1. The number of esters is 1. The number of hydrogen-bond donors (Lipinski definition) is 1. The maximum atomic E-state index is 11.3. The van der Waals surface area contributed by atoms with Gasteiger partial charge in [-0.3, -0.25) is 9.00 Å². The lowest BCUT2D eigenvalue weighted by Crippen LogP contribution is -2.17. The number of aryl methyl sites for hydroxylation is 1. The molecule has 20 heavy (non-hydrogen) atoms. The number of rotatable bonds is 9. The van der Waals surface area contributed by atoms with Crippen LogP contribution in [-0.2, 0) is 26.8 Å². The highest BCUT2D eigenvalue weighted by molar-refractivity contribution is 7.84. The third kappa shape index (κ3) is 7.00. The summed E-state index contributed by atoms with van der Waals surface area (Å²) in [5, 5.41) is 6.08. The van der Waals surface area contributed by atoms with Gasteiger partial charge < -0.3 is 10.1 Å². The molecule has 1 rings (SSSR count). The summed E-state index contributed by atoms with van der Waals surface area (Å²) >= 11 is 1.53. The van der Waals surface area contributed by atoms with Gasteiger partial charge in [-0.2, -0.15) is 0 Å². The second kappa shape index (κ2) is 9.07. The van der Waals surface area contributed by atoms with Crippen LogP contribution in [0.25, 0.3) is 0 Å². The number of nitrogens with one attached hydrogen (secondary N) is 1. The van der Waals surface area contributed by atoms with Crippen molar-refractivity contribution < 1.29 is 13.7 Å². The Hall–Kier alpha value is -0.950. The van der Waals surface area contributed by atoms with Gasteiger partial charge in [-0.15, -0.1) is 11.3 Å². The van der Waals surface area contributed by atoms with E-state index in [1.807, 2.05) is 12.3 Å². The molecule has 0 radical (unpaired) electrons. The molecule has 0 aliphatic heterocycles. The number of ether oxygens (including phenoxy) is 1. The molecule has 7 heteroatoms. The van der Waals surface area contributed by atoms with Crippen LogP contribution in [0.1, 0.15) is 32.4 Å². The Balaban J connectivity index is 2.35. The SMILES string of the molecule is CCOC(=O)CCc1csc(NC(C)CCS(C)=O)n1. The summed E-state index contributed by atoms with van der Waals surface area (Å²) in [5.74, 6) is 0.503. The van der Waals surface area contributed by atoms with E-state index >= 15 is 0 Å². The Morgan fingerprint density at radius 2 is 2.35 bits per heavy atom. The summed E-state index contributed by atoms with van der Waals surface area (Å²) in [6.07, 6.45) is 3.52. The average molecular weight is 318 g/mol. The number of carbonyl (C=O) groups excluding carboxylic acids is 1. The molecule has 114 valence electrons. The van der Waals surface area contributed by atoms with E-state index in [-0.39, 0.29) is 12.0 Å². The maximum absolute atomic E-state index is 11.3. The smallest absolute Gasteiger partial charge is 0.306 e. The molecule has 2 unspecified atom stereocenters. The lowest BCUT2D eigenvalue weighted by atomic mass is 10.2. The zero-order valence-corrected chi connectivity index (χ0v) is 13.8. The number of anilines is 1. The van der Waals surface area contributed by atoms with Crippen LogP contribution in [0.4, 0.5) is 5.13 Å². The van der Waals surface area contributed by atoms with Crippen molar-refractivity contribution in [3.63, 3.8) is 0 Å². The minimum atomic E-state index is -0.758. The number of nitrogens with zero attached hydrogens (tertiary/aromatic N) is 1. The van der Waals surface area contributed by atoms with Crippen LogP contribution >= 0.6 is 11.3 Å². The van der Waals surface area contributed by atoms with Gasteiger partial charge in [-0.1, -0.05) is 0 Å². The van der Waals surface area contributed by atoms with Crippen molar-refractivity contribution in [2.75, 3.05) is 23.9 Å². The first-order valence-electron chi connectivity index (χ1n) is 6.67. The Morgan fingerprint density at radius 1 is 1.60 bits per heavy atom. The van der Waals surface area contributed by atoms with Crippen LogP contribution in [0.5, 0.6) is 0 Å². The van der Waals surface area contributed by atoms with Crippen molar-refractivity contribution >= 4 is 33.2 Å². The number of aromatic nitrogens is 1. The quantitative estimate of drug-likeness (QED) is 0.707. The Morgan fingerprint density at radius 3 is 3.00 bits per heavy atom. The molecule has 1 heterocycles. The molecule has 2 atom stereocenters. The van der Waals surface area contributed by atoms with E-state index in [2.05, 4.69) is 10.3 Å². The summed E-state index contributed by atoms with van der Waals surface area (Å²) in [6, 6.07) is 0.239. The molecule has 1 N–H and O–H groups in total. The molecule has 0 amide bonds. The molecule has 1 aromatic rings. The van der Waals surface area contributed by atoms with Crippen molar-refractivity contribution in [1.29, 1.82) is 0 Å².